The number of hydrogen-bond acceptors (Lipinski definition) is 4. The molecule has 0 aliphatic heterocycles. The number of methoxy groups -OCH3 is 1. The monoisotopic (exact) mass is 333 g/mol. The van der Waals surface area contributed by atoms with Gasteiger partial charge in [0, 0.05) is 16.9 Å². The van der Waals surface area contributed by atoms with Crippen molar-refractivity contribution in [3.05, 3.63) is 35.4 Å². The third-order valence-corrected chi connectivity index (χ3v) is 4.58. The lowest BCUT2D eigenvalue weighted by Gasteiger charge is -2.28. The van der Waals surface area contributed by atoms with Crippen molar-refractivity contribution in [2.24, 2.45) is 0 Å². The molecule has 7 heteroatoms. The number of hydrogen-bond donors (Lipinski definition) is 1. The van der Waals surface area contributed by atoms with Crippen molar-refractivity contribution >= 4 is 17.3 Å². The average molecular weight is 333 g/mol. The van der Waals surface area contributed by atoms with Gasteiger partial charge in [-0.15, -0.1) is 4.72 Å². The molecule has 0 radical (unpaired) electrons. The lowest BCUT2D eigenvalue weighted by molar-refractivity contribution is -0.141. The highest BCUT2D eigenvalue weighted by Gasteiger charge is 2.31. The van der Waals surface area contributed by atoms with Crippen LogP contribution >= 0.6 is 0 Å². The lowest BCUT2D eigenvalue weighted by atomic mass is 10.0. The number of carbonyl (C=O) groups excluding carboxylic acids is 1. The number of carbonyl (C=O) groups is 1. The van der Waals surface area contributed by atoms with Gasteiger partial charge in [-0.05, 0) is 32.4 Å². The van der Waals surface area contributed by atoms with E-state index in [0.717, 1.165) is 0 Å². The van der Waals surface area contributed by atoms with E-state index in [4.69, 9.17) is 0 Å². The van der Waals surface area contributed by atoms with Crippen LogP contribution in [0.4, 0.5) is 8.78 Å². The zero-order valence-electron chi connectivity index (χ0n) is 13.1. The molecule has 2 atom stereocenters. The maximum absolute atomic E-state index is 12.8. The van der Waals surface area contributed by atoms with Gasteiger partial charge in [0.05, 0.1) is 19.6 Å². The molecule has 0 aromatic heterocycles. The van der Waals surface area contributed by atoms with Gasteiger partial charge in [-0.25, -0.2) is 8.78 Å². The highest BCUT2D eigenvalue weighted by molar-refractivity contribution is 7.90. The van der Waals surface area contributed by atoms with Gasteiger partial charge in [0.15, 0.2) is 0 Å². The van der Waals surface area contributed by atoms with Crippen LogP contribution in [0.2, 0.25) is 0 Å². The molecule has 1 rings (SSSR count). The van der Waals surface area contributed by atoms with Gasteiger partial charge in [0.1, 0.15) is 4.75 Å². The summed E-state index contributed by atoms with van der Waals surface area (Å²) >= 11 is -1.45. The van der Waals surface area contributed by atoms with Crippen molar-refractivity contribution in [1.82, 2.24) is 4.72 Å². The Morgan fingerprint density at radius 1 is 1.36 bits per heavy atom. The maximum Gasteiger partial charge on any atom is 0.307 e. The number of alkyl halides is 2. The van der Waals surface area contributed by atoms with E-state index in [1.807, 2.05) is 0 Å². The van der Waals surface area contributed by atoms with Crippen molar-refractivity contribution in [1.29, 1.82) is 0 Å². The Bertz CT molecular complexity index is 506. The van der Waals surface area contributed by atoms with Crippen LogP contribution in [-0.4, -0.2) is 22.4 Å². The average Bonchev–Trinajstić information content (AvgIpc) is 2.45. The predicted molar refractivity (Wildman–Crippen MR) is 81.8 cm³/mol. The largest absolute Gasteiger partial charge is 0.598 e. The fraction of sp³-hybridized carbons (Fsp3) is 0.533. The molecular weight excluding hydrogens is 312 g/mol. The van der Waals surface area contributed by atoms with Crippen molar-refractivity contribution in [2.45, 2.75) is 44.4 Å². The van der Waals surface area contributed by atoms with Crippen molar-refractivity contribution < 1.29 is 22.9 Å². The number of ether oxygens (including phenoxy) is 1. The first kappa shape index (κ1) is 18.9. The molecule has 0 spiro atoms. The normalized spacial score (nSPS) is 14.7. The van der Waals surface area contributed by atoms with E-state index in [-0.39, 0.29) is 12.0 Å². The van der Waals surface area contributed by atoms with E-state index in [0.29, 0.717) is 5.56 Å². The van der Waals surface area contributed by atoms with Gasteiger partial charge >= 0.3 is 5.97 Å². The first-order valence-electron chi connectivity index (χ1n) is 6.78. The Labute approximate surface area is 132 Å². The summed E-state index contributed by atoms with van der Waals surface area (Å²) in [5.41, 5.74) is 0.330. The van der Waals surface area contributed by atoms with Crippen LogP contribution in [0.25, 0.3) is 0 Å². The summed E-state index contributed by atoms with van der Waals surface area (Å²) in [4.78, 5) is 11.5. The molecule has 0 aliphatic rings. The minimum Gasteiger partial charge on any atom is -0.598 e. The van der Waals surface area contributed by atoms with Gasteiger partial charge in [-0.1, -0.05) is 18.2 Å². The van der Waals surface area contributed by atoms with E-state index in [9.17, 15) is 18.1 Å². The Kier molecular flexibility index (Phi) is 6.77. The topological polar surface area (TPSA) is 61.4 Å². The first-order valence-corrected chi connectivity index (χ1v) is 7.93. The molecule has 4 nitrogen and oxygen atoms in total. The van der Waals surface area contributed by atoms with Crippen molar-refractivity contribution in [3.63, 3.8) is 0 Å². The molecule has 0 saturated heterocycles. The van der Waals surface area contributed by atoms with Crippen LogP contribution in [0, 0.1) is 0 Å². The minimum atomic E-state index is -2.60. The van der Waals surface area contributed by atoms with Crippen LogP contribution in [0.3, 0.4) is 0 Å². The summed E-state index contributed by atoms with van der Waals surface area (Å²) in [5.74, 6) is -0.508. The molecule has 0 fully saturated rings. The van der Waals surface area contributed by atoms with Crippen LogP contribution in [-0.2, 0) is 20.9 Å². The second kappa shape index (κ2) is 7.89. The fourth-order valence-corrected chi connectivity index (χ4v) is 2.53. The Morgan fingerprint density at radius 2 is 1.95 bits per heavy atom. The van der Waals surface area contributed by atoms with E-state index < -0.39 is 34.5 Å². The van der Waals surface area contributed by atoms with Crippen LogP contribution in [0.1, 0.15) is 50.8 Å². The van der Waals surface area contributed by atoms with Gasteiger partial charge < -0.3 is 9.29 Å². The van der Waals surface area contributed by atoms with E-state index in [2.05, 4.69) is 9.46 Å². The quantitative estimate of drug-likeness (QED) is 0.641. The maximum atomic E-state index is 12.8. The molecule has 1 aromatic rings. The minimum absolute atomic E-state index is 0.0923. The number of nitrogens with one attached hydrogen (secondary N) is 1. The molecule has 1 N–H and O–H groups in total. The van der Waals surface area contributed by atoms with Crippen molar-refractivity contribution in [3.8, 4) is 0 Å². The van der Waals surface area contributed by atoms with Crippen LogP contribution in [0.15, 0.2) is 24.3 Å². The molecule has 22 heavy (non-hydrogen) atoms. The lowest BCUT2D eigenvalue weighted by Crippen LogP contribution is -2.41. The number of benzene rings is 1. The van der Waals surface area contributed by atoms with Crippen LogP contribution < -0.4 is 4.72 Å². The van der Waals surface area contributed by atoms with E-state index in [1.165, 1.54) is 25.3 Å². The summed E-state index contributed by atoms with van der Waals surface area (Å²) in [6, 6.07) is 5.07. The van der Waals surface area contributed by atoms with Gasteiger partial charge in [-0.2, -0.15) is 0 Å². The predicted octanol–water partition coefficient (Wildman–Crippen LogP) is 3.28. The third-order valence-electron chi connectivity index (χ3n) is 2.97. The number of rotatable bonds is 6. The number of esters is 1. The van der Waals surface area contributed by atoms with E-state index in [1.54, 1.807) is 26.8 Å². The highest BCUT2D eigenvalue weighted by Crippen LogP contribution is 2.26. The molecule has 1 aromatic carbocycles. The Morgan fingerprint density at radius 3 is 2.45 bits per heavy atom. The molecule has 0 aliphatic carbocycles. The first-order chi connectivity index (χ1) is 10.1. The third kappa shape index (κ3) is 5.55. The second-order valence-corrected chi connectivity index (χ2v) is 7.80. The zero-order chi connectivity index (χ0) is 16.9. The van der Waals surface area contributed by atoms with Gasteiger partial charge in [-0.3, -0.25) is 4.79 Å². The van der Waals surface area contributed by atoms with Crippen molar-refractivity contribution in [2.75, 3.05) is 7.11 Å². The molecule has 124 valence electrons. The standard InChI is InChI=1S/C15H21F2NO3S/c1-15(2,3)22(20)18-12(9-13(19)21-4)10-6-5-7-11(8-10)14(16)17/h5-8,12,14,18H,9H2,1-4H3/t12-,22+/m0/s1. The molecule has 0 unspecified atom stereocenters. The zero-order valence-corrected chi connectivity index (χ0v) is 13.9. The summed E-state index contributed by atoms with van der Waals surface area (Å²) in [7, 11) is 1.25. The second-order valence-electron chi connectivity index (χ2n) is 5.80. The van der Waals surface area contributed by atoms with Crippen LogP contribution in [0.5, 0.6) is 0 Å². The summed E-state index contributed by atoms with van der Waals surface area (Å²) in [6.07, 6.45) is -2.70. The molecule has 0 bridgehead atoms. The summed E-state index contributed by atoms with van der Waals surface area (Å²) < 4.78 is 44.8. The Hall–Kier alpha value is -1.18. The smallest absolute Gasteiger partial charge is 0.307 e. The summed E-state index contributed by atoms with van der Waals surface area (Å²) in [6.45, 7) is 5.34. The molecule has 0 amide bonds. The van der Waals surface area contributed by atoms with E-state index >= 15 is 0 Å². The molecular formula is C15H21F2NO3S. The fourth-order valence-electron chi connectivity index (χ4n) is 1.70. The molecule has 0 saturated carbocycles. The highest BCUT2D eigenvalue weighted by atomic mass is 32.2. The molecule has 0 heterocycles. The van der Waals surface area contributed by atoms with Gasteiger partial charge in [0.25, 0.3) is 6.43 Å². The van der Waals surface area contributed by atoms with Gasteiger partial charge in [0.2, 0.25) is 0 Å². The summed E-state index contributed by atoms with van der Waals surface area (Å²) in [5, 5.41) is 0. The Balaban J connectivity index is 3.04. The number of halogens is 2. The SMILES string of the molecule is COC(=O)C[C@H](N[S@+]([O-])C(C)(C)C)c1cccc(C(F)F)c1.